The zero-order valence-electron chi connectivity index (χ0n) is 19.7. The summed E-state index contributed by atoms with van der Waals surface area (Å²) >= 11 is 0. The molecule has 0 aliphatic heterocycles. The van der Waals surface area contributed by atoms with E-state index in [4.69, 9.17) is 0 Å². The second-order valence-electron chi connectivity index (χ2n) is 8.38. The molecule has 8 nitrogen and oxygen atoms in total. The number of hydrogen-bond acceptors (Lipinski definition) is 6. The molecule has 3 aromatic carbocycles. The highest BCUT2D eigenvalue weighted by atomic mass is 16.3. The molecule has 35 heavy (non-hydrogen) atoms. The molecule has 2 unspecified atom stereocenters. The number of benzene rings is 3. The van der Waals surface area contributed by atoms with Crippen molar-refractivity contribution >= 4 is 5.69 Å². The van der Waals surface area contributed by atoms with E-state index in [0.29, 0.717) is 11.4 Å². The van der Waals surface area contributed by atoms with Gasteiger partial charge in [-0.15, -0.1) is 0 Å². The number of aromatic nitrogens is 2. The Morgan fingerprint density at radius 1 is 0.743 bits per heavy atom. The number of nitrogens with zero attached hydrogens (tertiary/aromatic N) is 5. The summed E-state index contributed by atoms with van der Waals surface area (Å²) in [5.74, 6) is 0. The third kappa shape index (κ3) is 4.96. The van der Waals surface area contributed by atoms with E-state index in [1.165, 1.54) is 0 Å². The molecule has 4 aromatic rings. The average Bonchev–Trinajstić information content (AvgIpc) is 3.13. The van der Waals surface area contributed by atoms with E-state index < -0.39 is 12.1 Å². The minimum atomic E-state index is -0.733. The molecule has 0 fully saturated rings. The fourth-order valence-corrected chi connectivity index (χ4v) is 4.34. The van der Waals surface area contributed by atoms with Crippen LogP contribution >= 0.6 is 0 Å². The molecule has 0 amide bonds. The molecular formula is C27H27N5O3. The monoisotopic (exact) mass is 469 g/mol. The van der Waals surface area contributed by atoms with Crippen LogP contribution < -0.4 is 10.5 Å². The molecule has 1 heterocycles. The molecule has 0 aliphatic carbocycles. The predicted octanol–water partition coefficient (Wildman–Crippen LogP) is 5.31. The standard InChI is InChI=1S/C27H27N5O3/c1-20-26(27(33)32(30(20)2)23-16-10-5-11-17-23)31(18-24(28-34)21-12-6-3-7-13-21)19-25(29-35)22-14-8-4-9-15-22/h3-17,24-25H,18-19H2,1-2H3. The van der Waals surface area contributed by atoms with Gasteiger partial charge in [0, 0.05) is 20.1 Å². The summed E-state index contributed by atoms with van der Waals surface area (Å²) in [7, 11) is 1.81. The molecule has 8 heteroatoms. The van der Waals surface area contributed by atoms with Gasteiger partial charge >= 0.3 is 0 Å². The van der Waals surface area contributed by atoms with Gasteiger partial charge in [0.2, 0.25) is 0 Å². The van der Waals surface area contributed by atoms with Crippen LogP contribution in [0.4, 0.5) is 5.69 Å². The minimum Gasteiger partial charge on any atom is -0.360 e. The summed E-state index contributed by atoms with van der Waals surface area (Å²) < 4.78 is 3.35. The Balaban J connectivity index is 1.81. The summed E-state index contributed by atoms with van der Waals surface area (Å²) in [5, 5.41) is 6.72. The van der Waals surface area contributed by atoms with Crippen molar-refractivity contribution in [3.8, 4) is 5.69 Å². The Morgan fingerprint density at radius 2 is 1.17 bits per heavy atom. The van der Waals surface area contributed by atoms with Crippen molar-refractivity contribution in [3.63, 3.8) is 0 Å². The van der Waals surface area contributed by atoms with Gasteiger partial charge in [0.15, 0.2) is 0 Å². The predicted molar refractivity (Wildman–Crippen MR) is 138 cm³/mol. The van der Waals surface area contributed by atoms with Crippen LogP contribution in [-0.4, -0.2) is 22.5 Å². The van der Waals surface area contributed by atoms with Crippen molar-refractivity contribution in [2.75, 3.05) is 18.0 Å². The fraction of sp³-hybridized carbons (Fsp3) is 0.222. The van der Waals surface area contributed by atoms with Crippen LogP contribution in [0, 0.1) is 16.7 Å². The molecule has 1 aromatic heterocycles. The summed E-state index contributed by atoms with van der Waals surface area (Å²) in [6.07, 6.45) is 0. The second-order valence-corrected chi connectivity index (χ2v) is 8.38. The first-order valence-corrected chi connectivity index (χ1v) is 11.4. The quantitative estimate of drug-likeness (QED) is 0.295. The lowest BCUT2D eigenvalue weighted by Crippen LogP contribution is -2.35. The van der Waals surface area contributed by atoms with Crippen molar-refractivity contribution < 1.29 is 0 Å². The van der Waals surface area contributed by atoms with E-state index >= 15 is 0 Å². The Kier molecular flexibility index (Phi) is 7.30. The van der Waals surface area contributed by atoms with Crippen LogP contribution in [0.2, 0.25) is 0 Å². The Bertz CT molecular complexity index is 1280. The molecule has 0 aliphatic rings. The molecule has 0 spiro atoms. The van der Waals surface area contributed by atoms with Gasteiger partial charge in [0.1, 0.15) is 17.8 Å². The average molecular weight is 470 g/mol. The first-order valence-electron chi connectivity index (χ1n) is 11.4. The van der Waals surface area contributed by atoms with E-state index in [9.17, 15) is 14.6 Å². The van der Waals surface area contributed by atoms with Crippen LogP contribution in [-0.2, 0) is 7.05 Å². The van der Waals surface area contributed by atoms with Crippen molar-refractivity contribution in [2.45, 2.75) is 19.0 Å². The molecular weight excluding hydrogens is 442 g/mol. The normalized spacial score (nSPS) is 12.6. The maximum absolute atomic E-state index is 13.7. The third-order valence-electron chi connectivity index (χ3n) is 6.25. The third-order valence-corrected chi connectivity index (χ3v) is 6.25. The van der Waals surface area contributed by atoms with Gasteiger partial charge in [-0.2, -0.15) is 9.81 Å². The molecule has 0 bridgehead atoms. The highest BCUT2D eigenvalue weighted by Crippen LogP contribution is 2.28. The first-order chi connectivity index (χ1) is 17.0. The number of para-hydroxylation sites is 1. The Morgan fingerprint density at radius 3 is 1.60 bits per heavy atom. The topological polar surface area (TPSA) is 89.0 Å². The lowest BCUT2D eigenvalue weighted by atomic mass is 10.0. The van der Waals surface area contributed by atoms with Crippen LogP contribution in [0.3, 0.4) is 0 Å². The van der Waals surface area contributed by atoms with Gasteiger partial charge in [0.25, 0.3) is 5.56 Å². The van der Waals surface area contributed by atoms with E-state index in [2.05, 4.69) is 10.4 Å². The Labute approximate surface area is 203 Å². The number of hydrogen-bond donors (Lipinski definition) is 0. The van der Waals surface area contributed by atoms with Crippen molar-refractivity contribution in [3.05, 3.63) is 128 Å². The van der Waals surface area contributed by atoms with Gasteiger partial charge in [-0.3, -0.25) is 9.48 Å². The van der Waals surface area contributed by atoms with Gasteiger partial charge in [-0.1, -0.05) is 89.2 Å². The van der Waals surface area contributed by atoms with Gasteiger partial charge in [-0.25, -0.2) is 4.68 Å². The zero-order valence-corrected chi connectivity index (χ0v) is 19.7. The lowest BCUT2D eigenvalue weighted by molar-refractivity contribution is 0.609. The summed E-state index contributed by atoms with van der Waals surface area (Å²) in [6.45, 7) is 2.10. The van der Waals surface area contributed by atoms with Crippen molar-refractivity contribution in [1.82, 2.24) is 9.36 Å². The maximum atomic E-state index is 13.7. The van der Waals surface area contributed by atoms with E-state index in [1.807, 2.05) is 105 Å². The van der Waals surface area contributed by atoms with Gasteiger partial charge in [0.05, 0.1) is 11.4 Å². The lowest BCUT2D eigenvalue weighted by Gasteiger charge is -2.28. The molecule has 4 rings (SSSR count). The maximum Gasteiger partial charge on any atom is 0.295 e. The zero-order chi connectivity index (χ0) is 24.8. The van der Waals surface area contributed by atoms with Crippen LogP contribution in [0.15, 0.2) is 106 Å². The second kappa shape index (κ2) is 10.7. The fourth-order valence-electron chi connectivity index (χ4n) is 4.34. The molecule has 0 radical (unpaired) electrons. The Hall–Kier alpha value is -4.33. The van der Waals surface area contributed by atoms with E-state index in [1.54, 1.807) is 14.3 Å². The molecule has 178 valence electrons. The first kappa shape index (κ1) is 23.8. The summed E-state index contributed by atoms with van der Waals surface area (Å²) in [6, 6.07) is 26.3. The highest BCUT2D eigenvalue weighted by molar-refractivity contribution is 5.53. The van der Waals surface area contributed by atoms with Gasteiger partial charge < -0.3 is 4.90 Å². The summed E-state index contributed by atoms with van der Waals surface area (Å²) in [4.78, 5) is 39.3. The van der Waals surface area contributed by atoms with E-state index in [-0.39, 0.29) is 18.6 Å². The highest BCUT2D eigenvalue weighted by Gasteiger charge is 2.28. The largest absolute Gasteiger partial charge is 0.360 e. The van der Waals surface area contributed by atoms with Crippen molar-refractivity contribution in [2.24, 2.45) is 17.4 Å². The van der Waals surface area contributed by atoms with Crippen LogP contribution in [0.1, 0.15) is 28.9 Å². The molecule has 0 N–H and O–H groups in total. The number of rotatable bonds is 10. The molecule has 0 saturated carbocycles. The molecule has 2 atom stereocenters. The number of nitroso groups, excluding NO2 is 2. The summed E-state index contributed by atoms with van der Waals surface area (Å²) in [5.41, 5.74) is 3.06. The van der Waals surface area contributed by atoms with Crippen molar-refractivity contribution in [1.29, 1.82) is 0 Å². The minimum absolute atomic E-state index is 0.126. The van der Waals surface area contributed by atoms with Crippen LogP contribution in [0.5, 0.6) is 0 Å². The smallest absolute Gasteiger partial charge is 0.295 e. The number of anilines is 1. The van der Waals surface area contributed by atoms with Gasteiger partial charge in [-0.05, 0) is 30.2 Å². The van der Waals surface area contributed by atoms with E-state index in [0.717, 1.165) is 16.8 Å². The van der Waals surface area contributed by atoms with Crippen LogP contribution in [0.25, 0.3) is 5.69 Å². The molecule has 0 saturated heterocycles. The SMILES string of the molecule is Cc1c(N(CC(N=O)c2ccccc2)CC(N=O)c2ccccc2)c(=O)n(-c2ccccc2)n1C.